The van der Waals surface area contributed by atoms with Gasteiger partial charge in [0, 0.05) is 28.4 Å². The lowest BCUT2D eigenvalue weighted by molar-refractivity contribution is 0.0540. The van der Waals surface area contributed by atoms with Gasteiger partial charge in [0.1, 0.15) is 0 Å². The van der Waals surface area contributed by atoms with E-state index in [1.165, 1.54) is 0 Å². The zero-order valence-electron chi connectivity index (χ0n) is 9.75. The molecule has 0 saturated carbocycles. The summed E-state index contributed by atoms with van der Waals surface area (Å²) in [5.41, 5.74) is 1.09. The largest absolute Gasteiger partial charge is 0.381 e. The fraction of sp³-hybridized carbons (Fsp3) is 0.583. The first-order valence-corrected chi connectivity index (χ1v) is 7.37. The van der Waals surface area contributed by atoms with Crippen molar-refractivity contribution in [1.82, 2.24) is 10.3 Å². The number of hydrogen-bond acceptors (Lipinski definition) is 3. The first-order valence-electron chi connectivity index (χ1n) is 5.78. The number of pyridine rings is 1. The van der Waals surface area contributed by atoms with Gasteiger partial charge in [0.15, 0.2) is 0 Å². The minimum atomic E-state index is 0.293. The van der Waals surface area contributed by atoms with E-state index in [1.54, 1.807) is 0 Å². The molecular weight excluding hydrogens is 348 g/mol. The second kappa shape index (κ2) is 6.27. The van der Waals surface area contributed by atoms with Crippen LogP contribution in [0, 0.1) is 5.92 Å². The molecule has 0 amide bonds. The lowest BCUT2D eigenvalue weighted by Crippen LogP contribution is -2.30. The van der Waals surface area contributed by atoms with Gasteiger partial charge in [-0.2, -0.15) is 0 Å². The van der Waals surface area contributed by atoms with Gasteiger partial charge in [-0.05, 0) is 63.7 Å². The zero-order valence-corrected chi connectivity index (χ0v) is 12.9. The predicted octanol–water partition coefficient (Wildman–Crippen LogP) is 3.29. The molecule has 1 fully saturated rings. The molecule has 0 aliphatic carbocycles. The number of hydrogen-bond donors (Lipinski definition) is 1. The van der Waals surface area contributed by atoms with Crippen LogP contribution in [-0.2, 0) is 4.74 Å². The topological polar surface area (TPSA) is 34.2 Å². The highest BCUT2D eigenvalue weighted by Crippen LogP contribution is 2.33. The van der Waals surface area contributed by atoms with Gasteiger partial charge in [-0.15, -0.1) is 0 Å². The van der Waals surface area contributed by atoms with Gasteiger partial charge >= 0.3 is 0 Å². The van der Waals surface area contributed by atoms with E-state index in [0.717, 1.165) is 40.7 Å². The van der Waals surface area contributed by atoms with Crippen LogP contribution in [0.3, 0.4) is 0 Å². The molecular formula is C12H16Br2N2O. The molecule has 1 aliphatic rings. The summed E-state index contributed by atoms with van der Waals surface area (Å²) in [4.78, 5) is 4.53. The van der Waals surface area contributed by atoms with Crippen molar-refractivity contribution >= 4 is 31.9 Å². The number of aromatic nitrogens is 1. The van der Waals surface area contributed by atoms with E-state index in [9.17, 15) is 0 Å². The Kier molecular flexibility index (Phi) is 4.97. The summed E-state index contributed by atoms with van der Waals surface area (Å²) in [6, 6.07) is 2.34. The molecule has 0 spiro atoms. The number of nitrogens with one attached hydrogen (secondary N) is 1. The van der Waals surface area contributed by atoms with Crippen LogP contribution in [0.2, 0.25) is 0 Å². The van der Waals surface area contributed by atoms with Crippen molar-refractivity contribution < 1.29 is 4.74 Å². The lowest BCUT2D eigenvalue weighted by atomic mass is 9.89. The van der Waals surface area contributed by atoms with Crippen LogP contribution < -0.4 is 5.32 Å². The molecule has 2 heterocycles. The van der Waals surface area contributed by atoms with Crippen molar-refractivity contribution in [3.63, 3.8) is 0 Å². The number of ether oxygens (including phenoxy) is 1. The molecule has 0 bridgehead atoms. The molecule has 0 radical (unpaired) electrons. The summed E-state index contributed by atoms with van der Waals surface area (Å²) >= 11 is 7.02. The van der Waals surface area contributed by atoms with Gasteiger partial charge in [0.25, 0.3) is 0 Å². The minimum Gasteiger partial charge on any atom is -0.381 e. The molecule has 1 saturated heterocycles. The van der Waals surface area contributed by atoms with Crippen molar-refractivity contribution in [2.45, 2.75) is 18.9 Å². The van der Waals surface area contributed by atoms with Crippen LogP contribution in [0.25, 0.3) is 0 Å². The van der Waals surface area contributed by atoms with Crippen molar-refractivity contribution in [3.8, 4) is 0 Å². The van der Waals surface area contributed by atoms with E-state index in [0.29, 0.717) is 12.0 Å². The third kappa shape index (κ3) is 3.28. The second-order valence-electron chi connectivity index (χ2n) is 4.24. The molecule has 3 nitrogen and oxygen atoms in total. The number of rotatable bonds is 3. The van der Waals surface area contributed by atoms with Crippen LogP contribution in [0.1, 0.15) is 24.6 Å². The van der Waals surface area contributed by atoms with Crippen LogP contribution in [-0.4, -0.2) is 25.2 Å². The third-order valence-electron chi connectivity index (χ3n) is 3.18. The van der Waals surface area contributed by atoms with Gasteiger partial charge in [-0.25, -0.2) is 0 Å². The molecule has 1 aromatic rings. The van der Waals surface area contributed by atoms with Crippen molar-refractivity contribution in [1.29, 1.82) is 0 Å². The smallest absolute Gasteiger partial charge is 0.0718 e. The van der Waals surface area contributed by atoms with Crippen LogP contribution in [0.4, 0.5) is 0 Å². The summed E-state index contributed by atoms with van der Waals surface area (Å²) in [7, 11) is 2.00. The monoisotopic (exact) mass is 362 g/mol. The molecule has 2 rings (SSSR count). The van der Waals surface area contributed by atoms with Gasteiger partial charge in [0.2, 0.25) is 0 Å². The molecule has 0 aromatic carbocycles. The molecule has 5 heteroatoms. The summed E-state index contributed by atoms with van der Waals surface area (Å²) in [6.07, 6.45) is 4.04. The number of nitrogens with zero attached hydrogens (tertiary/aromatic N) is 1. The lowest BCUT2D eigenvalue weighted by Gasteiger charge is -2.30. The van der Waals surface area contributed by atoms with E-state index < -0.39 is 0 Å². The first-order chi connectivity index (χ1) is 8.22. The van der Waals surface area contributed by atoms with E-state index in [4.69, 9.17) is 4.74 Å². The fourth-order valence-electron chi connectivity index (χ4n) is 2.30. The Bertz CT molecular complexity index is 381. The zero-order chi connectivity index (χ0) is 12.3. The Morgan fingerprint density at radius 2 is 2.12 bits per heavy atom. The molecule has 1 atom stereocenters. The summed E-state index contributed by atoms with van der Waals surface area (Å²) < 4.78 is 7.46. The summed E-state index contributed by atoms with van der Waals surface area (Å²) in [6.45, 7) is 1.72. The van der Waals surface area contributed by atoms with E-state index in [-0.39, 0.29) is 0 Å². The molecule has 1 aromatic heterocycles. The molecule has 17 heavy (non-hydrogen) atoms. The van der Waals surface area contributed by atoms with Gasteiger partial charge in [-0.1, -0.05) is 0 Å². The molecule has 94 valence electrons. The molecule has 1 N–H and O–H groups in total. The maximum Gasteiger partial charge on any atom is 0.0718 e. The normalized spacial score (nSPS) is 19.2. The minimum absolute atomic E-state index is 0.293. The van der Waals surface area contributed by atoms with Crippen molar-refractivity contribution in [2.75, 3.05) is 20.3 Å². The highest BCUT2D eigenvalue weighted by Gasteiger charge is 2.26. The highest BCUT2D eigenvalue weighted by molar-refractivity contribution is 9.11. The van der Waals surface area contributed by atoms with E-state index in [2.05, 4.69) is 42.2 Å². The third-order valence-corrected chi connectivity index (χ3v) is 4.25. The Morgan fingerprint density at radius 3 is 2.71 bits per heavy atom. The first kappa shape index (κ1) is 13.5. The van der Waals surface area contributed by atoms with E-state index in [1.807, 2.05) is 19.3 Å². The second-order valence-corrected chi connectivity index (χ2v) is 6.01. The Morgan fingerprint density at radius 1 is 1.41 bits per heavy atom. The fourth-order valence-corrected chi connectivity index (χ4v) is 3.53. The molecule has 1 aliphatic heterocycles. The highest BCUT2D eigenvalue weighted by atomic mass is 79.9. The molecule has 1 unspecified atom stereocenters. The Balaban J connectivity index is 2.21. The predicted molar refractivity (Wildman–Crippen MR) is 75.0 cm³/mol. The summed E-state index contributed by atoms with van der Waals surface area (Å²) in [5.74, 6) is 0.596. The number of halogens is 2. The van der Waals surface area contributed by atoms with Gasteiger partial charge in [0.05, 0.1) is 11.7 Å². The maximum absolute atomic E-state index is 5.41. The van der Waals surface area contributed by atoms with Gasteiger partial charge < -0.3 is 10.1 Å². The standard InChI is InChI=1S/C12H16Br2N2O/c1-15-11(8-2-4-17-5-3-8)12-10(14)6-9(13)7-16-12/h6-8,11,15H,2-5H2,1H3. The van der Waals surface area contributed by atoms with Crippen LogP contribution in [0.5, 0.6) is 0 Å². The SMILES string of the molecule is CNC(c1ncc(Br)cc1Br)C1CCOCC1. The van der Waals surface area contributed by atoms with Crippen LogP contribution in [0.15, 0.2) is 21.2 Å². The summed E-state index contributed by atoms with van der Waals surface area (Å²) in [5, 5.41) is 3.38. The van der Waals surface area contributed by atoms with Gasteiger partial charge in [-0.3, -0.25) is 4.98 Å². The Labute approximate surface area is 119 Å². The quantitative estimate of drug-likeness (QED) is 0.894. The average Bonchev–Trinajstić information content (AvgIpc) is 2.34. The Hall–Kier alpha value is 0.0300. The average molecular weight is 364 g/mol. The van der Waals surface area contributed by atoms with E-state index >= 15 is 0 Å². The maximum atomic E-state index is 5.41. The van der Waals surface area contributed by atoms with Crippen molar-refractivity contribution in [3.05, 3.63) is 26.9 Å². The van der Waals surface area contributed by atoms with Crippen molar-refractivity contribution in [2.24, 2.45) is 5.92 Å². The van der Waals surface area contributed by atoms with Crippen LogP contribution >= 0.6 is 31.9 Å².